The van der Waals surface area contributed by atoms with E-state index in [0.29, 0.717) is 18.7 Å². The van der Waals surface area contributed by atoms with Crippen molar-refractivity contribution in [2.75, 3.05) is 7.11 Å². The lowest BCUT2D eigenvalue weighted by atomic mass is 9.89. The number of nitrogens with zero attached hydrogens (tertiary/aromatic N) is 2. The second-order valence-electron chi connectivity index (χ2n) is 4.70. The molecule has 1 aromatic heterocycles. The number of nitriles is 1. The van der Waals surface area contributed by atoms with E-state index < -0.39 is 0 Å². The molecule has 1 rings (SSSR count). The van der Waals surface area contributed by atoms with Crippen LogP contribution in [0.4, 0.5) is 0 Å². The zero-order chi connectivity index (χ0) is 13.1. The van der Waals surface area contributed by atoms with Crippen molar-refractivity contribution in [3.63, 3.8) is 0 Å². The number of aromatic nitrogens is 1. The SMILES string of the molecule is COC(=O)CC(C)(C)Cn1cc(Br)cc1C#N. The Hall–Kier alpha value is -1.28. The monoisotopic (exact) mass is 298 g/mol. The van der Waals surface area contributed by atoms with Gasteiger partial charge in [-0.05, 0) is 27.4 Å². The molecule has 92 valence electrons. The van der Waals surface area contributed by atoms with E-state index in [-0.39, 0.29) is 11.4 Å². The minimum Gasteiger partial charge on any atom is -0.469 e. The van der Waals surface area contributed by atoms with Gasteiger partial charge in [-0.3, -0.25) is 4.79 Å². The van der Waals surface area contributed by atoms with Crippen LogP contribution in [0.25, 0.3) is 0 Å². The van der Waals surface area contributed by atoms with Crippen molar-refractivity contribution >= 4 is 21.9 Å². The van der Waals surface area contributed by atoms with Gasteiger partial charge < -0.3 is 9.30 Å². The maximum Gasteiger partial charge on any atom is 0.306 e. The zero-order valence-corrected chi connectivity index (χ0v) is 11.7. The molecule has 0 saturated carbocycles. The Morgan fingerprint density at radius 2 is 2.29 bits per heavy atom. The van der Waals surface area contributed by atoms with Crippen molar-refractivity contribution in [3.05, 3.63) is 22.4 Å². The van der Waals surface area contributed by atoms with E-state index >= 15 is 0 Å². The molecule has 0 aromatic carbocycles. The Balaban J connectivity index is 2.82. The molecule has 4 nitrogen and oxygen atoms in total. The summed E-state index contributed by atoms with van der Waals surface area (Å²) < 4.78 is 7.37. The summed E-state index contributed by atoms with van der Waals surface area (Å²) >= 11 is 3.33. The molecular formula is C12H15BrN2O2. The Kier molecular flexibility index (Phi) is 4.35. The summed E-state index contributed by atoms with van der Waals surface area (Å²) in [6, 6.07) is 3.88. The third-order valence-corrected chi connectivity index (χ3v) is 2.86. The summed E-state index contributed by atoms with van der Waals surface area (Å²) in [5.41, 5.74) is 0.326. The largest absolute Gasteiger partial charge is 0.469 e. The topological polar surface area (TPSA) is 55.0 Å². The highest BCUT2D eigenvalue weighted by Crippen LogP contribution is 2.26. The number of halogens is 1. The van der Waals surface area contributed by atoms with Gasteiger partial charge in [0.25, 0.3) is 0 Å². The van der Waals surface area contributed by atoms with Gasteiger partial charge in [-0.2, -0.15) is 5.26 Å². The molecule has 0 saturated heterocycles. The number of esters is 1. The molecule has 0 spiro atoms. The van der Waals surface area contributed by atoms with Gasteiger partial charge in [0.2, 0.25) is 0 Å². The number of carbonyl (C=O) groups is 1. The van der Waals surface area contributed by atoms with Gasteiger partial charge in [-0.15, -0.1) is 0 Å². The first kappa shape index (κ1) is 13.8. The summed E-state index contributed by atoms with van der Waals surface area (Å²) in [7, 11) is 1.38. The molecule has 0 bridgehead atoms. The maximum absolute atomic E-state index is 11.3. The van der Waals surface area contributed by atoms with Crippen molar-refractivity contribution in [1.29, 1.82) is 5.26 Å². The van der Waals surface area contributed by atoms with Gasteiger partial charge in [-0.1, -0.05) is 13.8 Å². The fourth-order valence-corrected chi connectivity index (χ4v) is 2.14. The highest BCUT2D eigenvalue weighted by molar-refractivity contribution is 9.10. The first-order valence-corrected chi connectivity index (χ1v) is 6.00. The third kappa shape index (κ3) is 3.90. The van der Waals surface area contributed by atoms with Crippen molar-refractivity contribution in [2.24, 2.45) is 5.41 Å². The number of carbonyl (C=O) groups excluding carboxylic acids is 1. The number of rotatable bonds is 4. The fourth-order valence-electron chi connectivity index (χ4n) is 1.68. The zero-order valence-electron chi connectivity index (χ0n) is 10.2. The number of methoxy groups -OCH3 is 1. The smallest absolute Gasteiger partial charge is 0.306 e. The van der Waals surface area contributed by atoms with Gasteiger partial charge in [0.1, 0.15) is 11.8 Å². The summed E-state index contributed by atoms with van der Waals surface area (Å²) in [4.78, 5) is 11.3. The molecule has 0 aliphatic heterocycles. The average Bonchev–Trinajstić information content (AvgIpc) is 2.56. The van der Waals surface area contributed by atoms with Gasteiger partial charge in [0.15, 0.2) is 0 Å². The van der Waals surface area contributed by atoms with E-state index in [4.69, 9.17) is 5.26 Å². The normalized spacial score (nSPS) is 11.0. The first-order chi connectivity index (χ1) is 7.88. The predicted octanol–water partition coefficient (Wildman–Crippen LogP) is 2.71. The third-order valence-electron chi connectivity index (χ3n) is 2.43. The summed E-state index contributed by atoms with van der Waals surface area (Å²) in [6.45, 7) is 4.54. The van der Waals surface area contributed by atoms with Crippen LogP contribution in [-0.2, 0) is 16.1 Å². The van der Waals surface area contributed by atoms with Crippen LogP contribution in [0.5, 0.6) is 0 Å². The molecule has 0 aliphatic carbocycles. The molecule has 5 heteroatoms. The van der Waals surface area contributed by atoms with Crippen LogP contribution in [-0.4, -0.2) is 17.6 Å². The van der Waals surface area contributed by atoms with Gasteiger partial charge >= 0.3 is 5.97 Å². The number of hydrogen-bond donors (Lipinski definition) is 0. The second-order valence-corrected chi connectivity index (χ2v) is 5.62. The maximum atomic E-state index is 11.3. The molecule has 1 aromatic rings. The second kappa shape index (κ2) is 5.37. The highest BCUT2D eigenvalue weighted by Gasteiger charge is 2.24. The van der Waals surface area contributed by atoms with Gasteiger partial charge in [0.05, 0.1) is 13.5 Å². The van der Waals surface area contributed by atoms with Crippen LogP contribution < -0.4 is 0 Å². The van der Waals surface area contributed by atoms with Crippen LogP contribution in [0.15, 0.2) is 16.7 Å². The molecule has 0 N–H and O–H groups in total. The van der Waals surface area contributed by atoms with Crippen LogP contribution in [0.3, 0.4) is 0 Å². The number of hydrogen-bond acceptors (Lipinski definition) is 3. The van der Waals surface area contributed by atoms with Crippen LogP contribution in [0.1, 0.15) is 26.0 Å². The van der Waals surface area contributed by atoms with E-state index in [1.165, 1.54) is 7.11 Å². The van der Waals surface area contributed by atoms with E-state index in [1.807, 2.05) is 24.6 Å². The summed E-state index contributed by atoms with van der Waals surface area (Å²) in [5, 5.41) is 8.97. The van der Waals surface area contributed by atoms with Crippen LogP contribution in [0, 0.1) is 16.7 Å². The standard InChI is InChI=1S/C12H15BrN2O2/c1-12(2,5-11(16)17-3)8-15-7-9(13)4-10(15)6-14/h4,7H,5,8H2,1-3H3. The molecule has 0 fully saturated rings. The van der Waals surface area contributed by atoms with Crippen LogP contribution >= 0.6 is 15.9 Å². The lowest BCUT2D eigenvalue weighted by molar-refractivity contribution is -0.143. The molecule has 0 unspecified atom stereocenters. The molecule has 0 radical (unpaired) electrons. The molecule has 1 heterocycles. The Morgan fingerprint density at radius 3 is 2.82 bits per heavy atom. The minimum atomic E-state index is -0.253. The lowest BCUT2D eigenvalue weighted by Gasteiger charge is -2.24. The Bertz CT molecular complexity index is 458. The fraction of sp³-hybridized carbons (Fsp3) is 0.500. The van der Waals surface area contributed by atoms with E-state index in [0.717, 1.165) is 4.47 Å². The minimum absolute atomic E-state index is 0.236. The van der Waals surface area contributed by atoms with Crippen molar-refractivity contribution in [2.45, 2.75) is 26.8 Å². The van der Waals surface area contributed by atoms with E-state index in [9.17, 15) is 4.79 Å². The predicted molar refractivity (Wildman–Crippen MR) is 67.3 cm³/mol. The van der Waals surface area contributed by atoms with Crippen molar-refractivity contribution in [3.8, 4) is 6.07 Å². The van der Waals surface area contributed by atoms with Crippen molar-refractivity contribution in [1.82, 2.24) is 4.57 Å². The molecular weight excluding hydrogens is 284 g/mol. The van der Waals surface area contributed by atoms with Gasteiger partial charge in [0, 0.05) is 17.2 Å². The average molecular weight is 299 g/mol. The molecule has 0 aliphatic rings. The van der Waals surface area contributed by atoms with E-state index in [1.54, 1.807) is 6.07 Å². The molecule has 0 amide bonds. The Morgan fingerprint density at radius 1 is 1.65 bits per heavy atom. The van der Waals surface area contributed by atoms with Crippen LogP contribution in [0.2, 0.25) is 0 Å². The molecule has 17 heavy (non-hydrogen) atoms. The lowest BCUT2D eigenvalue weighted by Crippen LogP contribution is -2.24. The first-order valence-electron chi connectivity index (χ1n) is 5.20. The highest BCUT2D eigenvalue weighted by atomic mass is 79.9. The molecule has 0 atom stereocenters. The van der Waals surface area contributed by atoms with E-state index in [2.05, 4.69) is 26.7 Å². The van der Waals surface area contributed by atoms with Crippen molar-refractivity contribution < 1.29 is 9.53 Å². The summed E-state index contributed by atoms with van der Waals surface area (Å²) in [6.07, 6.45) is 2.17. The van der Waals surface area contributed by atoms with Gasteiger partial charge in [-0.25, -0.2) is 0 Å². The summed E-state index contributed by atoms with van der Waals surface area (Å²) in [5.74, 6) is -0.236. The number of ether oxygens (including phenoxy) is 1. The Labute approximate surface area is 109 Å². The quantitative estimate of drug-likeness (QED) is 0.803.